The van der Waals surface area contributed by atoms with Crippen LogP contribution in [-0.2, 0) is 9.53 Å². The molecule has 100 valence electrons. The number of halogens is 1. The molecule has 0 heterocycles. The molecule has 0 saturated carbocycles. The molecule has 1 rings (SSSR count). The lowest BCUT2D eigenvalue weighted by Crippen LogP contribution is -2.40. The number of carbonyl (C=O) groups excluding carboxylic acids is 1. The van der Waals surface area contributed by atoms with Crippen LogP contribution in [-0.4, -0.2) is 18.6 Å². The quantitative estimate of drug-likeness (QED) is 0.855. The number of esters is 1. The molecule has 18 heavy (non-hydrogen) atoms. The average molecular weight is 270 g/mol. The van der Waals surface area contributed by atoms with E-state index in [9.17, 15) is 4.79 Å². The Morgan fingerprint density at radius 1 is 1.50 bits per heavy atom. The zero-order chi connectivity index (χ0) is 13.9. The van der Waals surface area contributed by atoms with Crippen LogP contribution >= 0.6 is 11.6 Å². The molecule has 0 aromatic heterocycles. The highest BCUT2D eigenvalue weighted by molar-refractivity contribution is 6.30. The van der Waals surface area contributed by atoms with Gasteiger partial charge in [-0.3, -0.25) is 4.79 Å². The lowest BCUT2D eigenvalue weighted by molar-refractivity contribution is -0.141. The summed E-state index contributed by atoms with van der Waals surface area (Å²) in [6.45, 7) is 5.79. The Bertz CT molecular complexity index is 438. The van der Waals surface area contributed by atoms with Crippen molar-refractivity contribution in [3.63, 3.8) is 0 Å². The van der Waals surface area contributed by atoms with E-state index in [1.54, 1.807) is 0 Å². The van der Waals surface area contributed by atoms with Crippen LogP contribution < -0.4 is 5.73 Å². The molecular formula is C14H20ClNO2. The minimum atomic E-state index is -0.507. The fraction of sp³-hybridized carbons (Fsp3) is 0.500. The van der Waals surface area contributed by atoms with Crippen LogP contribution in [0.2, 0.25) is 5.02 Å². The maximum Gasteiger partial charge on any atom is 0.306 e. The van der Waals surface area contributed by atoms with Gasteiger partial charge in [0.05, 0.1) is 13.5 Å². The molecule has 1 atom stereocenters. The van der Waals surface area contributed by atoms with E-state index in [4.69, 9.17) is 22.1 Å². The monoisotopic (exact) mass is 269 g/mol. The van der Waals surface area contributed by atoms with Crippen molar-refractivity contribution in [1.29, 1.82) is 0 Å². The smallest absolute Gasteiger partial charge is 0.306 e. The van der Waals surface area contributed by atoms with Crippen molar-refractivity contribution in [1.82, 2.24) is 0 Å². The van der Waals surface area contributed by atoms with Crippen LogP contribution in [0.4, 0.5) is 0 Å². The second-order valence-electron chi connectivity index (χ2n) is 5.16. The zero-order valence-corrected chi connectivity index (χ0v) is 12.0. The molecule has 2 N–H and O–H groups in total. The number of hydrogen-bond donors (Lipinski definition) is 1. The van der Waals surface area contributed by atoms with Crippen LogP contribution in [0.1, 0.15) is 37.3 Å². The van der Waals surface area contributed by atoms with Crippen LogP contribution in [0, 0.1) is 6.92 Å². The Balaban J connectivity index is 3.14. The van der Waals surface area contributed by atoms with Gasteiger partial charge in [0.2, 0.25) is 0 Å². The van der Waals surface area contributed by atoms with E-state index in [0.717, 1.165) is 11.1 Å². The topological polar surface area (TPSA) is 52.3 Å². The predicted octanol–water partition coefficient (Wildman–Crippen LogP) is 3.03. The molecule has 1 aromatic carbocycles. The van der Waals surface area contributed by atoms with Gasteiger partial charge in [-0.15, -0.1) is 0 Å². The summed E-state index contributed by atoms with van der Waals surface area (Å²) in [6.07, 6.45) is 0.266. The fourth-order valence-electron chi connectivity index (χ4n) is 2.05. The average Bonchev–Trinajstić information content (AvgIpc) is 2.25. The first-order valence-corrected chi connectivity index (χ1v) is 6.25. The zero-order valence-electron chi connectivity index (χ0n) is 11.3. The number of hydrogen-bond acceptors (Lipinski definition) is 3. The third-order valence-electron chi connectivity index (χ3n) is 3.10. The van der Waals surface area contributed by atoms with E-state index in [2.05, 4.69) is 0 Å². The second-order valence-corrected chi connectivity index (χ2v) is 5.59. The first-order chi connectivity index (χ1) is 8.25. The number of aryl methyl sites for hydroxylation is 1. The molecule has 0 amide bonds. The number of ether oxygens (including phenoxy) is 1. The standard InChI is InChI=1S/C14H20ClNO2/c1-9-7-10(15)5-6-11(9)12(14(2,3)16)8-13(17)18-4/h5-7,12H,8,16H2,1-4H3. The van der Waals surface area contributed by atoms with Gasteiger partial charge in [0.15, 0.2) is 0 Å². The van der Waals surface area contributed by atoms with Crippen molar-refractivity contribution in [2.45, 2.75) is 38.6 Å². The summed E-state index contributed by atoms with van der Waals surface area (Å²) < 4.78 is 4.74. The van der Waals surface area contributed by atoms with E-state index >= 15 is 0 Å². The molecule has 0 aliphatic rings. The van der Waals surface area contributed by atoms with Crippen LogP contribution in [0.3, 0.4) is 0 Å². The van der Waals surface area contributed by atoms with E-state index in [1.165, 1.54) is 7.11 Å². The summed E-state index contributed by atoms with van der Waals surface area (Å²) in [5.74, 6) is -0.352. The number of methoxy groups -OCH3 is 1. The minimum Gasteiger partial charge on any atom is -0.469 e. The first-order valence-electron chi connectivity index (χ1n) is 5.87. The molecule has 3 nitrogen and oxygen atoms in total. The molecule has 0 aliphatic carbocycles. The van der Waals surface area contributed by atoms with E-state index in [-0.39, 0.29) is 18.3 Å². The van der Waals surface area contributed by atoms with Gasteiger partial charge < -0.3 is 10.5 Å². The van der Waals surface area contributed by atoms with Gasteiger partial charge >= 0.3 is 5.97 Å². The molecule has 0 fully saturated rings. The molecule has 0 saturated heterocycles. The maximum atomic E-state index is 11.5. The molecule has 0 radical (unpaired) electrons. The maximum absolute atomic E-state index is 11.5. The van der Waals surface area contributed by atoms with E-state index in [1.807, 2.05) is 39.0 Å². The van der Waals surface area contributed by atoms with Gasteiger partial charge in [-0.2, -0.15) is 0 Å². The van der Waals surface area contributed by atoms with Crippen LogP contribution in [0.5, 0.6) is 0 Å². The van der Waals surface area contributed by atoms with Crippen molar-refractivity contribution in [2.24, 2.45) is 5.73 Å². The molecular weight excluding hydrogens is 250 g/mol. The van der Waals surface area contributed by atoms with Gasteiger partial charge in [0, 0.05) is 16.5 Å². The summed E-state index contributed by atoms with van der Waals surface area (Å²) >= 11 is 5.95. The number of rotatable bonds is 4. The van der Waals surface area contributed by atoms with Gasteiger partial charge in [-0.25, -0.2) is 0 Å². The third kappa shape index (κ3) is 3.72. The van der Waals surface area contributed by atoms with Crippen molar-refractivity contribution in [3.8, 4) is 0 Å². The molecule has 0 aliphatic heterocycles. The van der Waals surface area contributed by atoms with Crippen molar-refractivity contribution in [2.75, 3.05) is 7.11 Å². The van der Waals surface area contributed by atoms with Gasteiger partial charge in [-0.1, -0.05) is 17.7 Å². The Morgan fingerprint density at radius 3 is 2.56 bits per heavy atom. The largest absolute Gasteiger partial charge is 0.469 e. The van der Waals surface area contributed by atoms with Crippen LogP contribution in [0.15, 0.2) is 18.2 Å². The van der Waals surface area contributed by atoms with Gasteiger partial charge in [0.25, 0.3) is 0 Å². The highest BCUT2D eigenvalue weighted by Crippen LogP contribution is 2.33. The lowest BCUT2D eigenvalue weighted by Gasteiger charge is -2.31. The number of nitrogens with two attached hydrogens (primary N) is 1. The van der Waals surface area contributed by atoms with E-state index in [0.29, 0.717) is 5.02 Å². The summed E-state index contributed by atoms with van der Waals surface area (Å²) in [5, 5.41) is 0.683. The number of carbonyl (C=O) groups is 1. The highest BCUT2D eigenvalue weighted by atomic mass is 35.5. The third-order valence-corrected chi connectivity index (χ3v) is 3.34. The molecule has 1 aromatic rings. The Morgan fingerprint density at radius 2 is 2.11 bits per heavy atom. The predicted molar refractivity (Wildman–Crippen MR) is 73.8 cm³/mol. The first kappa shape index (κ1) is 15.0. The second kappa shape index (κ2) is 5.72. The molecule has 0 spiro atoms. The van der Waals surface area contributed by atoms with Crippen molar-refractivity contribution < 1.29 is 9.53 Å². The molecule has 1 unspecified atom stereocenters. The lowest BCUT2D eigenvalue weighted by atomic mass is 9.79. The Kier molecular flexibility index (Phi) is 4.77. The highest BCUT2D eigenvalue weighted by Gasteiger charge is 2.30. The summed E-state index contributed by atoms with van der Waals surface area (Å²) in [4.78, 5) is 11.5. The summed E-state index contributed by atoms with van der Waals surface area (Å²) in [5.41, 5.74) is 7.75. The summed E-state index contributed by atoms with van der Waals surface area (Å²) in [7, 11) is 1.39. The van der Waals surface area contributed by atoms with E-state index < -0.39 is 5.54 Å². The van der Waals surface area contributed by atoms with Crippen molar-refractivity contribution in [3.05, 3.63) is 34.3 Å². The summed E-state index contributed by atoms with van der Waals surface area (Å²) in [6, 6.07) is 5.63. The Labute approximate surface area is 113 Å². The molecule has 0 bridgehead atoms. The van der Waals surface area contributed by atoms with Crippen LogP contribution in [0.25, 0.3) is 0 Å². The van der Waals surface area contributed by atoms with Crippen molar-refractivity contribution >= 4 is 17.6 Å². The normalized spacial score (nSPS) is 13.2. The minimum absolute atomic E-state index is 0.0952. The van der Waals surface area contributed by atoms with Gasteiger partial charge in [-0.05, 0) is 44.0 Å². The Hall–Kier alpha value is -1.06. The number of benzene rings is 1. The molecule has 4 heteroatoms. The van der Waals surface area contributed by atoms with Gasteiger partial charge in [0.1, 0.15) is 0 Å². The SMILES string of the molecule is COC(=O)CC(c1ccc(Cl)cc1C)C(C)(C)N. The fourth-order valence-corrected chi connectivity index (χ4v) is 2.28.